The SMILES string of the molecule is CC(C)OC(=O)c1cccc(COc2ccccc2-c2csc(N)n2)c1. The third-order valence-electron chi connectivity index (χ3n) is 3.58. The lowest BCUT2D eigenvalue weighted by Gasteiger charge is -2.12. The van der Waals surface area contributed by atoms with E-state index in [0.717, 1.165) is 16.8 Å². The van der Waals surface area contributed by atoms with E-state index < -0.39 is 0 Å². The van der Waals surface area contributed by atoms with Gasteiger partial charge in [-0.2, -0.15) is 0 Å². The van der Waals surface area contributed by atoms with Crippen molar-refractivity contribution in [1.82, 2.24) is 4.98 Å². The molecule has 134 valence electrons. The van der Waals surface area contributed by atoms with Crippen LogP contribution in [0, 0.1) is 0 Å². The Balaban J connectivity index is 1.75. The minimum atomic E-state index is -0.333. The van der Waals surface area contributed by atoms with Gasteiger partial charge in [-0.1, -0.05) is 24.3 Å². The molecular weight excluding hydrogens is 348 g/mol. The highest BCUT2D eigenvalue weighted by Gasteiger charge is 2.12. The van der Waals surface area contributed by atoms with Crippen molar-refractivity contribution in [2.75, 3.05) is 5.73 Å². The first-order valence-corrected chi connectivity index (χ1v) is 9.14. The summed E-state index contributed by atoms with van der Waals surface area (Å²) in [5.74, 6) is 0.383. The number of carbonyl (C=O) groups is 1. The van der Waals surface area contributed by atoms with Crippen molar-refractivity contribution in [2.24, 2.45) is 0 Å². The van der Waals surface area contributed by atoms with Gasteiger partial charge in [0.05, 0.1) is 17.4 Å². The van der Waals surface area contributed by atoms with E-state index >= 15 is 0 Å². The zero-order valence-electron chi connectivity index (χ0n) is 14.6. The molecule has 0 aliphatic rings. The van der Waals surface area contributed by atoms with Gasteiger partial charge in [-0.3, -0.25) is 0 Å². The van der Waals surface area contributed by atoms with E-state index in [1.54, 1.807) is 12.1 Å². The van der Waals surface area contributed by atoms with E-state index in [-0.39, 0.29) is 12.1 Å². The van der Waals surface area contributed by atoms with Crippen LogP contribution >= 0.6 is 11.3 Å². The lowest BCUT2D eigenvalue weighted by Crippen LogP contribution is -2.12. The molecule has 0 radical (unpaired) electrons. The number of nitrogen functional groups attached to an aromatic ring is 1. The number of esters is 1. The first-order chi connectivity index (χ1) is 12.5. The highest BCUT2D eigenvalue weighted by atomic mass is 32.1. The Morgan fingerprint density at radius 3 is 2.73 bits per heavy atom. The zero-order valence-corrected chi connectivity index (χ0v) is 15.5. The quantitative estimate of drug-likeness (QED) is 0.647. The standard InChI is InChI=1S/C20H20N2O3S/c1-13(2)25-19(23)15-7-5-6-14(10-15)11-24-18-9-4-3-8-16(18)17-12-26-20(21)22-17/h3-10,12-13H,11H2,1-2H3,(H2,21,22). The van der Waals surface area contributed by atoms with Gasteiger partial charge in [-0.05, 0) is 43.7 Å². The lowest BCUT2D eigenvalue weighted by atomic mass is 10.1. The van der Waals surface area contributed by atoms with Gasteiger partial charge >= 0.3 is 5.97 Å². The minimum Gasteiger partial charge on any atom is -0.488 e. The molecule has 1 heterocycles. The van der Waals surface area contributed by atoms with Crippen LogP contribution in [-0.2, 0) is 11.3 Å². The van der Waals surface area contributed by atoms with E-state index in [9.17, 15) is 4.79 Å². The molecule has 0 unspecified atom stereocenters. The summed E-state index contributed by atoms with van der Waals surface area (Å²) in [6, 6.07) is 14.9. The second kappa shape index (κ2) is 8.01. The fourth-order valence-corrected chi connectivity index (χ4v) is 3.01. The second-order valence-electron chi connectivity index (χ2n) is 6.01. The van der Waals surface area contributed by atoms with Gasteiger partial charge in [0.1, 0.15) is 12.4 Å². The van der Waals surface area contributed by atoms with Crippen LogP contribution in [0.4, 0.5) is 5.13 Å². The van der Waals surface area contributed by atoms with Crippen LogP contribution < -0.4 is 10.5 Å². The molecule has 6 heteroatoms. The van der Waals surface area contributed by atoms with Gasteiger partial charge in [-0.15, -0.1) is 11.3 Å². The number of benzene rings is 2. The third-order valence-corrected chi connectivity index (χ3v) is 4.26. The van der Waals surface area contributed by atoms with Gasteiger partial charge in [-0.25, -0.2) is 9.78 Å². The summed E-state index contributed by atoms with van der Waals surface area (Å²) in [4.78, 5) is 16.4. The lowest BCUT2D eigenvalue weighted by molar-refractivity contribution is 0.0377. The number of nitrogens with two attached hydrogens (primary N) is 1. The number of rotatable bonds is 6. The number of anilines is 1. The molecule has 0 saturated heterocycles. The van der Waals surface area contributed by atoms with Crippen LogP contribution in [-0.4, -0.2) is 17.1 Å². The molecule has 0 spiro atoms. The number of thiazole rings is 1. The predicted molar refractivity (Wildman–Crippen MR) is 103 cm³/mol. The Morgan fingerprint density at radius 2 is 2.00 bits per heavy atom. The van der Waals surface area contributed by atoms with Crippen LogP contribution in [0.5, 0.6) is 5.75 Å². The van der Waals surface area contributed by atoms with Gasteiger partial charge in [0, 0.05) is 10.9 Å². The third kappa shape index (κ3) is 4.40. The van der Waals surface area contributed by atoms with Crippen LogP contribution in [0.25, 0.3) is 11.3 Å². The highest BCUT2D eigenvalue weighted by Crippen LogP contribution is 2.31. The van der Waals surface area contributed by atoms with Crippen molar-refractivity contribution < 1.29 is 14.3 Å². The Hall–Kier alpha value is -2.86. The van der Waals surface area contributed by atoms with Crippen molar-refractivity contribution in [3.8, 4) is 17.0 Å². The number of nitrogens with zero attached hydrogens (tertiary/aromatic N) is 1. The maximum Gasteiger partial charge on any atom is 0.338 e. The first-order valence-electron chi connectivity index (χ1n) is 8.26. The maximum atomic E-state index is 12.0. The molecule has 2 aromatic carbocycles. The molecule has 0 fully saturated rings. The first kappa shape index (κ1) is 17.9. The number of para-hydroxylation sites is 1. The van der Waals surface area contributed by atoms with Crippen LogP contribution in [0.1, 0.15) is 29.8 Å². The number of aromatic nitrogens is 1. The van der Waals surface area contributed by atoms with E-state index in [4.69, 9.17) is 15.2 Å². The van der Waals surface area contributed by atoms with E-state index in [0.29, 0.717) is 23.1 Å². The Bertz CT molecular complexity index is 905. The number of carbonyl (C=O) groups excluding carboxylic acids is 1. The smallest absolute Gasteiger partial charge is 0.338 e. The van der Waals surface area contributed by atoms with E-state index in [1.165, 1.54) is 11.3 Å². The molecule has 5 nitrogen and oxygen atoms in total. The van der Waals surface area contributed by atoms with Crippen molar-refractivity contribution in [3.63, 3.8) is 0 Å². The topological polar surface area (TPSA) is 74.4 Å². The van der Waals surface area contributed by atoms with Crippen LogP contribution in [0.3, 0.4) is 0 Å². The van der Waals surface area contributed by atoms with Gasteiger partial charge in [0.15, 0.2) is 5.13 Å². The van der Waals surface area contributed by atoms with Crippen LogP contribution in [0.2, 0.25) is 0 Å². The molecule has 0 aliphatic carbocycles. The summed E-state index contributed by atoms with van der Waals surface area (Å²) in [5, 5.41) is 2.42. The fourth-order valence-electron chi connectivity index (χ4n) is 2.45. The fraction of sp³-hybridized carbons (Fsp3) is 0.200. The summed E-state index contributed by atoms with van der Waals surface area (Å²) in [5.41, 5.74) is 8.81. The summed E-state index contributed by atoms with van der Waals surface area (Å²) >= 11 is 1.39. The van der Waals surface area contributed by atoms with Gasteiger partial charge in [0.25, 0.3) is 0 Å². The molecule has 2 N–H and O–H groups in total. The molecule has 26 heavy (non-hydrogen) atoms. The molecule has 0 aliphatic heterocycles. The second-order valence-corrected chi connectivity index (χ2v) is 6.90. The monoisotopic (exact) mass is 368 g/mol. The number of hydrogen-bond donors (Lipinski definition) is 1. The molecule has 3 aromatic rings. The molecule has 3 rings (SSSR count). The van der Waals surface area contributed by atoms with E-state index in [2.05, 4.69) is 4.98 Å². The maximum absolute atomic E-state index is 12.0. The van der Waals surface area contributed by atoms with Crippen LogP contribution in [0.15, 0.2) is 53.9 Å². The molecule has 1 aromatic heterocycles. The zero-order chi connectivity index (χ0) is 18.5. The Morgan fingerprint density at radius 1 is 1.19 bits per heavy atom. The normalized spacial score (nSPS) is 10.7. The predicted octanol–water partition coefficient (Wildman–Crippen LogP) is 4.54. The summed E-state index contributed by atoms with van der Waals surface area (Å²) in [6.07, 6.45) is -0.153. The molecule has 0 bridgehead atoms. The summed E-state index contributed by atoms with van der Waals surface area (Å²) < 4.78 is 11.2. The van der Waals surface area contributed by atoms with Crippen molar-refractivity contribution in [1.29, 1.82) is 0 Å². The Labute approximate surface area is 156 Å². The molecular formula is C20H20N2O3S. The molecule has 0 saturated carbocycles. The minimum absolute atomic E-state index is 0.153. The summed E-state index contributed by atoms with van der Waals surface area (Å²) in [6.45, 7) is 3.99. The molecule has 0 atom stereocenters. The Kier molecular flexibility index (Phi) is 5.53. The van der Waals surface area contributed by atoms with Gasteiger partial charge < -0.3 is 15.2 Å². The summed E-state index contributed by atoms with van der Waals surface area (Å²) in [7, 11) is 0. The molecule has 0 amide bonds. The van der Waals surface area contributed by atoms with Crippen molar-refractivity contribution in [2.45, 2.75) is 26.6 Å². The largest absolute Gasteiger partial charge is 0.488 e. The van der Waals surface area contributed by atoms with E-state index in [1.807, 2.05) is 55.6 Å². The average Bonchev–Trinajstić information content (AvgIpc) is 3.06. The van der Waals surface area contributed by atoms with Crippen molar-refractivity contribution in [3.05, 3.63) is 65.0 Å². The van der Waals surface area contributed by atoms with Gasteiger partial charge in [0.2, 0.25) is 0 Å². The number of hydrogen-bond acceptors (Lipinski definition) is 6. The highest BCUT2D eigenvalue weighted by molar-refractivity contribution is 7.13. The number of ether oxygens (including phenoxy) is 2. The average molecular weight is 368 g/mol. The van der Waals surface area contributed by atoms with Crippen molar-refractivity contribution >= 4 is 22.4 Å².